The van der Waals surface area contributed by atoms with E-state index in [1.807, 2.05) is 22.6 Å². The van der Waals surface area contributed by atoms with Crippen LogP contribution in [0.25, 0.3) is 0 Å². The zero-order valence-corrected chi connectivity index (χ0v) is 14.2. The zero-order valence-electron chi connectivity index (χ0n) is 11.2. The molecule has 1 aliphatic rings. The van der Waals surface area contributed by atoms with Crippen molar-refractivity contribution in [3.63, 3.8) is 0 Å². The van der Waals surface area contributed by atoms with Crippen molar-refractivity contribution in [3.8, 4) is 0 Å². The number of aromatic carboxylic acids is 1. The van der Waals surface area contributed by atoms with E-state index in [1.54, 1.807) is 7.05 Å². The van der Waals surface area contributed by atoms with Gasteiger partial charge < -0.3 is 5.11 Å². The molecule has 0 saturated heterocycles. The summed E-state index contributed by atoms with van der Waals surface area (Å²) in [4.78, 5) is 11.1. The Hall–Kier alpha value is -0.670. The van der Waals surface area contributed by atoms with Crippen LogP contribution in [0.5, 0.6) is 0 Å². The minimum Gasteiger partial charge on any atom is -0.478 e. The van der Waals surface area contributed by atoms with E-state index >= 15 is 0 Å². The first-order valence-corrected chi connectivity index (χ1v) is 8.74. The summed E-state index contributed by atoms with van der Waals surface area (Å²) in [5.74, 6) is -0.138. The van der Waals surface area contributed by atoms with Gasteiger partial charge in [-0.3, -0.25) is 0 Å². The van der Waals surface area contributed by atoms with E-state index in [-0.39, 0.29) is 10.5 Å². The van der Waals surface area contributed by atoms with E-state index < -0.39 is 16.0 Å². The summed E-state index contributed by atoms with van der Waals surface area (Å²) < 4.78 is 26.7. The van der Waals surface area contributed by atoms with Crippen LogP contribution in [-0.2, 0) is 10.0 Å². The first kappa shape index (κ1) is 15.7. The number of hydrogen-bond acceptors (Lipinski definition) is 3. The van der Waals surface area contributed by atoms with Crippen LogP contribution in [0.3, 0.4) is 0 Å². The van der Waals surface area contributed by atoms with Crippen LogP contribution >= 0.6 is 22.6 Å². The van der Waals surface area contributed by atoms with Crippen molar-refractivity contribution in [1.29, 1.82) is 0 Å². The van der Waals surface area contributed by atoms with E-state index in [4.69, 9.17) is 5.11 Å². The van der Waals surface area contributed by atoms with E-state index in [1.165, 1.54) is 22.5 Å². The van der Waals surface area contributed by atoms with E-state index in [0.717, 1.165) is 6.42 Å². The lowest BCUT2D eigenvalue weighted by atomic mass is 10.2. The predicted molar refractivity (Wildman–Crippen MR) is 83.2 cm³/mol. The smallest absolute Gasteiger partial charge is 0.336 e. The summed E-state index contributed by atoms with van der Waals surface area (Å²) in [6.45, 7) is 2.58. The Morgan fingerprint density at radius 3 is 2.60 bits per heavy atom. The Bertz CT molecular complexity index is 644. The second kappa shape index (κ2) is 5.61. The lowest BCUT2D eigenvalue weighted by molar-refractivity contribution is 0.0695. The number of sulfonamides is 1. The summed E-state index contributed by atoms with van der Waals surface area (Å²) in [5.41, 5.74) is 0.0138. The highest BCUT2D eigenvalue weighted by molar-refractivity contribution is 14.1. The molecule has 0 radical (unpaired) electrons. The fourth-order valence-corrected chi connectivity index (χ4v) is 3.91. The maximum Gasteiger partial charge on any atom is 0.336 e. The number of benzene rings is 1. The number of carbonyl (C=O) groups is 1. The molecule has 0 heterocycles. The molecule has 0 bridgehead atoms. The van der Waals surface area contributed by atoms with Crippen molar-refractivity contribution in [2.24, 2.45) is 11.8 Å². The molecule has 2 atom stereocenters. The van der Waals surface area contributed by atoms with Gasteiger partial charge in [0.05, 0.1) is 10.5 Å². The van der Waals surface area contributed by atoms with E-state index in [0.29, 0.717) is 22.0 Å². The summed E-state index contributed by atoms with van der Waals surface area (Å²) in [5, 5.41) is 9.07. The molecule has 1 fully saturated rings. The average molecular weight is 409 g/mol. The summed E-state index contributed by atoms with van der Waals surface area (Å²) in [6, 6.07) is 4.20. The summed E-state index contributed by atoms with van der Waals surface area (Å²) in [6.07, 6.45) is 1.05. The minimum atomic E-state index is -3.62. The first-order chi connectivity index (χ1) is 9.23. The normalized spacial score (nSPS) is 22.0. The number of halogens is 1. The predicted octanol–water partition coefficient (Wildman–Crippen LogP) is 2.27. The highest BCUT2D eigenvalue weighted by Gasteiger charge is 2.36. The molecule has 0 amide bonds. The van der Waals surface area contributed by atoms with Crippen molar-refractivity contribution < 1.29 is 18.3 Å². The van der Waals surface area contributed by atoms with Crippen molar-refractivity contribution in [2.45, 2.75) is 18.2 Å². The fourth-order valence-electron chi connectivity index (χ4n) is 2.09. The Morgan fingerprint density at radius 2 is 2.10 bits per heavy atom. The van der Waals surface area contributed by atoms with E-state index in [9.17, 15) is 13.2 Å². The molecule has 1 aromatic rings. The number of carboxylic acids is 1. The molecule has 110 valence electrons. The number of carboxylic acid groups (broad SMARTS) is 1. The fraction of sp³-hybridized carbons (Fsp3) is 0.462. The van der Waals surface area contributed by atoms with Crippen molar-refractivity contribution in [1.82, 2.24) is 4.31 Å². The van der Waals surface area contributed by atoms with Gasteiger partial charge in [-0.15, -0.1) is 0 Å². The zero-order chi connectivity index (χ0) is 15.1. The molecule has 20 heavy (non-hydrogen) atoms. The Kier molecular flexibility index (Phi) is 4.41. The van der Waals surface area contributed by atoms with Crippen LogP contribution in [-0.4, -0.2) is 37.4 Å². The molecule has 1 N–H and O–H groups in total. The molecule has 2 rings (SSSR count). The van der Waals surface area contributed by atoms with Gasteiger partial charge in [-0.05, 0) is 59.0 Å². The molecule has 0 aliphatic heterocycles. The van der Waals surface area contributed by atoms with Crippen molar-refractivity contribution in [2.75, 3.05) is 13.6 Å². The molecule has 2 unspecified atom stereocenters. The molecular weight excluding hydrogens is 393 g/mol. The summed E-state index contributed by atoms with van der Waals surface area (Å²) >= 11 is 1.88. The van der Waals surface area contributed by atoms with Crippen LogP contribution in [0, 0.1) is 15.4 Å². The van der Waals surface area contributed by atoms with Gasteiger partial charge in [-0.1, -0.05) is 6.92 Å². The third-order valence-electron chi connectivity index (χ3n) is 3.64. The topological polar surface area (TPSA) is 74.7 Å². The van der Waals surface area contributed by atoms with Gasteiger partial charge >= 0.3 is 5.97 Å². The molecule has 0 aromatic heterocycles. The third kappa shape index (κ3) is 3.15. The largest absolute Gasteiger partial charge is 0.478 e. The standard InChI is InChI=1S/C13H16INO4S/c1-8-5-9(8)7-15(2)20(18,19)10-3-4-12(14)11(6-10)13(16)17/h3-4,6,8-9H,5,7H2,1-2H3,(H,16,17). The van der Waals surface area contributed by atoms with E-state index in [2.05, 4.69) is 6.92 Å². The van der Waals surface area contributed by atoms with Crippen LogP contribution in [0.2, 0.25) is 0 Å². The highest BCUT2D eigenvalue weighted by Crippen LogP contribution is 2.38. The highest BCUT2D eigenvalue weighted by atomic mass is 127. The van der Waals surface area contributed by atoms with Gasteiger partial charge in [-0.2, -0.15) is 0 Å². The lowest BCUT2D eigenvalue weighted by Gasteiger charge is -2.17. The van der Waals surface area contributed by atoms with Crippen LogP contribution < -0.4 is 0 Å². The lowest BCUT2D eigenvalue weighted by Crippen LogP contribution is -2.29. The van der Waals surface area contributed by atoms with Crippen LogP contribution in [0.4, 0.5) is 0 Å². The monoisotopic (exact) mass is 409 g/mol. The number of nitrogens with zero attached hydrogens (tertiary/aromatic N) is 1. The van der Waals surface area contributed by atoms with Gasteiger partial charge in [0.2, 0.25) is 10.0 Å². The summed E-state index contributed by atoms with van der Waals surface area (Å²) in [7, 11) is -2.08. The minimum absolute atomic E-state index is 0.0138. The average Bonchev–Trinajstić information content (AvgIpc) is 3.04. The molecule has 0 spiro atoms. The molecule has 1 aliphatic carbocycles. The van der Waals surface area contributed by atoms with Gasteiger partial charge in [0, 0.05) is 17.2 Å². The maximum absolute atomic E-state index is 12.4. The molecule has 5 nitrogen and oxygen atoms in total. The molecule has 1 saturated carbocycles. The quantitative estimate of drug-likeness (QED) is 0.758. The van der Waals surface area contributed by atoms with Gasteiger partial charge in [0.15, 0.2) is 0 Å². The maximum atomic E-state index is 12.4. The Morgan fingerprint density at radius 1 is 1.50 bits per heavy atom. The first-order valence-electron chi connectivity index (χ1n) is 6.22. The van der Waals surface area contributed by atoms with Crippen molar-refractivity contribution in [3.05, 3.63) is 27.3 Å². The Labute approximate surface area is 132 Å². The number of rotatable bonds is 5. The van der Waals surface area contributed by atoms with Gasteiger partial charge in [0.25, 0.3) is 0 Å². The third-order valence-corrected chi connectivity index (χ3v) is 6.40. The molecule has 1 aromatic carbocycles. The SMILES string of the molecule is CC1CC1CN(C)S(=O)(=O)c1ccc(I)c(C(=O)O)c1. The number of hydrogen-bond donors (Lipinski definition) is 1. The molecule has 7 heteroatoms. The second-order valence-corrected chi connectivity index (χ2v) is 8.41. The second-order valence-electron chi connectivity index (χ2n) is 5.21. The van der Waals surface area contributed by atoms with Crippen LogP contribution in [0.1, 0.15) is 23.7 Å². The van der Waals surface area contributed by atoms with Gasteiger partial charge in [-0.25, -0.2) is 17.5 Å². The molecular formula is C13H16INO4S. The van der Waals surface area contributed by atoms with Gasteiger partial charge in [0.1, 0.15) is 0 Å². The Balaban J connectivity index is 2.29. The van der Waals surface area contributed by atoms with Crippen LogP contribution in [0.15, 0.2) is 23.1 Å². The van der Waals surface area contributed by atoms with Crippen molar-refractivity contribution >= 4 is 38.6 Å².